The molecule has 9 nitrogen and oxygen atoms in total. The van der Waals surface area contributed by atoms with E-state index in [2.05, 4.69) is 0 Å². The van der Waals surface area contributed by atoms with E-state index < -0.39 is 31.1 Å². The van der Waals surface area contributed by atoms with Crippen LogP contribution in [0.2, 0.25) is 0 Å². The van der Waals surface area contributed by atoms with Gasteiger partial charge in [-0.15, -0.1) is 0 Å². The molecule has 0 aliphatic heterocycles. The van der Waals surface area contributed by atoms with Gasteiger partial charge in [-0.3, -0.25) is 6.29 Å². The van der Waals surface area contributed by atoms with Crippen LogP contribution in [0.1, 0.15) is 12.8 Å². The Morgan fingerprint density at radius 2 is 1.41 bits per heavy atom. The Hall–Kier alpha value is 2.16. The number of carbonyl (C=O) groups excluding carboxylic acids is 4. The molecular weight excluding hydrogens is 342 g/mol. The molecule has 0 aliphatic rings. The molecule has 0 radical (unpaired) electrons. The Morgan fingerprint density at radius 1 is 0.955 bits per heavy atom. The Labute approximate surface area is 216 Å². The molecule has 106 valence electrons. The van der Waals surface area contributed by atoms with Crippen LogP contribution in [-0.2, 0) is 19.2 Å². The monoisotopic (exact) mass is 353 g/mol. The Kier molecular flexibility index (Phi) is 56.0. The average Bonchev–Trinajstić information content (AvgIpc) is 2.17. The molecule has 1 atom stereocenters. The van der Waals surface area contributed by atoms with Gasteiger partial charge in [0.15, 0.2) is 0 Å². The van der Waals surface area contributed by atoms with E-state index in [0.717, 1.165) is 4.90 Å². The summed E-state index contributed by atoms with van der Waals surface area (Å²) in [6, 6.07) is -1.35. The van der Waals surface area contributed by atoms with E-state index in [1.165, 1.54) is 12.6 Å². The fraction of sp³-hybridized carbons (Fsp3) is 0.556. The van der Waals surface area contributed by atoms with Crippen molar-refractivity contribution >= 4 is 24.5 Å². The second kappa shape index (κ2) is 28.0. The summed E-state index contributed by atoms with van der Waals surface area (Å²) < 4.78 is 0. The molecule has 13 heteroatoms. The van der Waals surface area contributed by atoms with E-state index in [1.807, 2.05) is 0 Å². The third kappa shape index (κ3) is 22.2. The first-order valence-electron chi connectivity index (χ1n) is 4.37. The van der Waals surface area contributed by atoms with Gasteiger partial charge in [-0.1, -0.05) is 13.0 Å². The second-order valence-corrected chi connectivity index (χ2v) is 2.94. The number of rotatable bonds is 9. The van der Waals surface area contributed by atoms with Gasteiger partial charge in [-0.25, -0.2) is 6.29 Å². The summed E-state index contributed by atoms with van der Waals surface area (Å²) in [4.78, 5) is 41.9. The third-order valence-corrected chi connectivity index (χ3v) is 1.83. The summed E-state index contributed by atoms with van der Waals surface area (Å²) in [5, 5.41) is 21.0. The summed E-state index contributed by atoms with van der Waals surface area (Å²) in [6.07, 6.45) is 2.48. The number of hydrogen-bond acceptors (Lipinski definition) is 9. The zero-order valence-electron chi connectivity index (χ0n) is 13.2. The quantitative estimate of drug-likeness (QED) is 0.287. The SMILES string of the molecule is O=[C-]CCC(C(=O)[O-])N(C[C-]=O)CC(=O)[O-].[Na+].[Na+].[Na+].[Na+].[OH-].[OH-]. The zero-order valence-corrected chi connectivity index (χ0v) is 21.2. The molecule has 0 spiro atoms. The molecule has 1 unspecified atom stereocenters. The predicted octanol–water partition coefficient (Wildman–Crippen LogP) is -16.2. The number of carboxylic acid groups (broad SMARTS) is 2. The van der Waals surface area contributed by atoms with E-state index in [0.29, 0.717) is 0 Å². The van der Waals surface area contributed by atoms with Crippen LogP contribution in [-0.4, -0.2) is 59.5 Å². The Morgan fingerprint density at radius 3 is 1.68 bits per heavy atom. The van der Waals surface area contributed by atoms with Gasteiger partial charge in [0.25, 0.3) is 0 Å². The van der Waals surface area contributed by atoms with Crippen molar-refractivity contribution in [1.29, 1.82) is 0 Å². The summed E-state index contributed by atoms with van der Waals surface area (Å²) in [6.45, 7) is -1.25. The topological polar surface area (TPSA) is 178 Å². The predicted molar refractivity (Wildman–Crippen MR) is 49.9 cm³/mol. The molecular formula is C9H11NNa4O8-2. The van der Waals surface area contributed by atoms with Crippen molar-refractivity contribution < 1.29 is 159 Å². The maximum absolute atomic E-state index is 10.7. The fourth-order valence-corrected chi connectivity index (χ4v) is 1.17. The van der Waals surface area contributed by atoms with Crippen molar-refractivity contribution in [3.8, 4) is 0 Å². The van der Waals surface area contributed by atoms with Gasteiger partial charge in [0.05, 0.1) is 11.9 Å². The molecule has 0 aromatic heterocycles. The van der Waals surface area contributed by atoms with Crippen molar-refractivity contribution in [2.45, 2.75) is 18.9 Å². The van der Waals surface area contributed by atoms with Crippen LogP contribution in [0, 0.1) is 0 Å². The molecule has 0 bridgehead atoms. The summed E-state index contributed by atoms with van der Waals surface area (Å²) in [5.41, 5.74) is 0. The van der Waals surface area contributed by atoms with E-state index in [-0.39, 0.29) is 142 Å². The van der Waals surface area contributed by atoms with Gasteiger partial charge < -0.3 is 45.2 Å². The van der Waals surface area contributed by atoms with Gasteiger partial charge in [-0.2, -0.15) is 6.42 Å². The number of carbonyl (C=O) groups is 2. The average molecular weight is 353 g/mol. The summed E-state index contributed by atoms with van der Waals surface area (Å²) in [5.74, 6) is -3.09. The second-order valence-electron chi connectivity index (χ2n) is 2.94. The van der Waals surface area contributed by atoms with Gasteiger partial charge in [0.1, 0.15) is 0 Å². The van der Waals surface area contributed by atoms with Crippen LogP contribution in [0.5, 0.6) is 0 Å². The standard InChI is InChI=1S/C9H11NO6.4Na.2H2O/c11-4-1-2-7(9(15)16)10(3-5-12)6-8(13)14;;;;;;/h7H,1-3,6H2,(H,13,14)(H,15,16);;;;;2*1H2/q-2;4*+1;;/p-4. The smallest absolute Gasteiger partial charge is 0.870 e. The number of hydrogen-bond donors (Lipinski definition) is 0. The maximum Gasteiger partial charge on any atom is 1.00 e. The van der Waals surface area contributed by atoms with Crippen molar-refractivity contribution in [3.05, 3.63) is 0 Å². The van der Waals surface area contributed by atoms with E-state index in [4.69, 9.17) is 0 Å². The van der Waals surface area contributed by atoms with Crippen LogP contribution >= 0.6 is 0 Å². The first kappa shape index (κ1) is 44.0. The largest absolute Gasteiger partial charge is 1.00 e. The molecule has 0 heterocycles. The number of carboxylic acids is 2. The number of nitrogens with zero attached hydrogens (tertiary/aromatic N) is 1. The number of aliphatic carboxylic acids is 2. The van der Waals surface area contributed by atoms with Crippen molar-refractivity contribution in [3.63, 3.8) is 0 Å². The van der Waals surface area contributed by atoms with Crippen LogP contribution in [0.25, 0.3) is 0 Å². The molecule has 0 saturated carbocycles. The molecule has 0 aliphatic carbocycles. The molecule has 0 aromatic carbocycles. The van der Waals surface area contributed by atoms with Crippen LogP contribution in [0.4, 0.5) is 0 Å². The normalized spacial score (nSPS) is 8.77. The molecule has 0 saturated heterocycles. The molecule has 22 heavy (non-hydrogen) atoms. The molecule has 2 N–H and O–H groups in total. The van der Waals surface area contributed by atoms with E-state index in [9.17, 15) is 29.4 Å². The van der Waals surface area contributed by atoms with Crippen molar-refractivity contribution in [2.24, 2.45) is 0 Å². The zero-order chi connectivity index (χ0) is 12.6. The van der Waals surface area contributed by atoms with Gasteiger partial charge in [0, 0.05) is 12.6 Å². The van der Waals surface area contributed by atoms with Crippen molar-refractivity contribution in [1.82, 2.24) is 4.90 Å². The van der Waals surface area contributed by atoms with Gasteiger partial charge >= 0.3 is 118 Å². The van der Waals surface area contributed by atoms with Crippen LogP contribution in [0.15, 0.2) is 0 Å². The first-order chi connectivity index (χ1) is 7.52. The minimum Gasteiger partial charge on any atom is -0.870 e. The molecule has 0 fully saturated rings. The van der Waals surface area contributed by atoms with Crippen LogP contribution < -0.4 is 128 Å². The Bertz CT molecular complexity index is 295. The minimum absolute atomic E-state index is 0. The van der Waals surface area contributed by atoms with E-state index in [1.54, 1.807) is 0 Å². The molecule has 0 rings (SSSR count). The first-order valence-corrected chi connectivity index (χ1v) is 4.37. The molecule has 0 amide bonds. The van der Waals surface area contributed by atoms with Gasteiger partial charge in [-0.05, 0) is 0 Å². The minimum atomic E-state index is -1.56. The van der Waals surface area contributed by atoms with E-state index >= 15 is 0 Å². The van der Waals surface area contributed by atoms with Gasteiger partial charge in [0.2, 0.25) is 0 Å². The fourth-order valence-electron chi connectivity index (χ4n) is 1.17. The van der Waals surface area contributed by atoms with Crippen molar-refractivity contribution in [2.75, 3.05) is 13.1 Å². The summed E-state index contributed by atoms with van der Waals surface area (Å²) in [7, 11) is 0. The Balaban J connectivity index is -0.0000000750. The third-order valence-electron chi connectivity index (χ3n) is 1.83. The maximum atomic E-state index is 10.7. The summed E-state index contributed by atoms with van der Waals surface area (Å²) >= 11 is 0. The molecule has 0 aromatic rings. The van der Waals surface area contributed by atoms with Crippen LogP contribution in [0.3, 0.4) is 0 Å².